The van der Waals surface area contributed by atoms with Crippen molar-refractivity contribution in [2.75, 3.05) is 16.6 Å². The van der Waals surface area contributed by atoms with Gasteiger partial charge in [-0.15, -0.1) is 11.3 Å². The highest BCUT2D eigenvalue weighted by Gasteiger charge is 2.41. The first-order valence-electron chi connectivity index (χ1n) is 10.2. The lowest BCUT2D eigenvalue weighted by molar-refractivity contribution is -0.115. The van der Waals surface area contributed by atoms with Gasteiger partial charge >= 0.3 is 0 Å². The van der Waals surface area contributed by atoms with Gasteiger partial charge in [0.2, 0.25) is 0 Å². The molecule has 2 aliphatic rings. The number of amides is 1. The molecule has 0 spiro atoms. The lowest BCUT2D eigenvalue weighted by Gasteiger charge is -2.26. The number of hydrazine groups is 1. The molecule has 2 aromatic carbocycles. The lowest BCUT2D eigenvalue weighted by atomic mass is 9.95. The van der Waals surface area contributed by atoms with Crippen LogP contribution in [0.25, 0.3) is 0 Å². The number of rotatable bonds is 4. The number of hydrogen-bond donors (Lipinski definition) is 1. The van der Waals surface area contributed by atoms with Gasteiger partial charge in [0.05, 0.1) is 26.2 Å². The van der Waals surface area contributed by atoms with E-state index in [1.165, 1.54) is 5.56 Å². The Bertz CT molecular complexity index is 1230. The second-order valence-electron chi connectivity index (χ2n) is 7.77. The van der Waals surface area contributed by atoms with Gasteiger partial charge in [0.15, 0.2) is 0 Å². The maximum absolute atomic E-state index is 13.3. The van der Waals surface area contributed by atoms with Crippen molar-refractivity contribution in [2.24, 2.45) is 11.0 Å². The molecule has 2 aliphatic heterocycles. The number of hydrazone groups is 1. The molecule has 0 saturated heterocycles. The van der Waals surface area contributed by atoms with E-state index in [1.807, 2.05) is 47.3 Å². The summed E-state index contributed by atoms with van der Waals surface area (Å²) in [7, 11) is 0. The molecule has 0 unspecified atom stereocenters. The first-order chi connectivity index (χ1) is 15.4. The predicted octanol–water partition coefficient (Wildman–Crippen LogP) is 6.46. The largest absolute Gasteiger partial charge is 0.286 e. The molecule has 1 amide bonds. The molecular weight excluding hydrogens is 531 g/mol. The SMILES string of the molecule is C[C@@H]1C(C(=O)NN2CCc3ccccc32)=NN(c2ccc(Cl)cc2Cl)[C@H]1c1ccc(Br)s1. The minimum Gasteiger partial charge on any atom is -0.285 e. The van der Waals surface area contributed by atoms with Gasteiger partial charge in [-0.05, 0) is 64.3 Å². The zero-order chi connectivity index (χ0) is 22.4. The Labute approximate surface area is 208 Å². The van der Waals surface area contributed by atoms with E-state index < -0.39 is 0 Å². The molecule has 5 rings (SSSR count). The van der Waals surface area contributed by atoms with E-state index in [9.17, 15) is 4.79 Å². The maximum atomic E-state index is 13.3. The van der Waals surface area contributed by atoms with Gasteiger partial charge in [0.1, 0.15) is 5.71 Å². The van der Waals surface area contributed by atoms with Gasteiger partial charge in [0, 0.05) is 22.4 Å². The van der Waals surface area contributed by atoms with Gasteiger partial charge in [-0.25, -0.2) is 0 Å². The van der Waals surface area contributed by atoms with E-state index in [0.717, 1.165) is 27.3 Å². The number of fused-ring (bicyclic) bond motifs is 1. The zero-order valence-electron chi connectivity index (χ0n) is 17.1. The highest BCUT2D eigenvalue weighted by atomic mass is 79.9. The maximum Gasteiger partial charge on any atom is 0.286 e. The topological polar surface area (TPSA) is 47.9 Å². The van der Waals surface area contributed by atoms with Gasteiger partial charge in [-0.2, -0.15) is 5.10 Å². The summed E-state index contributed by atoms with van der Waals surface area (Å²) in [5.41, 5.74) is 6.50. The molecular formula is C23H19BrCl2N4OS. The Hall–Kier alpha value is -2.06. The van der Waals surface area contributed by atoms with Gasteiger partial charge in [-0.1, -0.05) is 48.3 Å². The van der Waals surface area contributed by atoms with Crippen molar-refractivity contribution >= 4 is 73.5 Å². The van der Waals surface area contributed by atoms with Crippen LogP contribution in [0.1, 0.15) is 23.4 Å². The number of carbonyl (C=O) groups is 1. The lowest BCUT2D eigenvalue weighted by Crippen LogP contribution is -2.45. The monoisotopic (exact) mass is 548 g/mol. The van der Waals surface area contributed by atoms with Crippen molar-refractivity contribution in [1.82, 2.24) is 5.43 Å². The van der Waals surface area contributed by atoms with Gasteiger partial charge in [0.25, 0.3) is 5.91 Å². The zero-order valence-corrected chi connectivity index (χ0v) is 21.0. The highest BCUT2D eigenvalue weighted by molar-refractivity contribution is 9.11. The van der Waals surface area contributed by atoms with Crippen molar-refractivity contribution in [3.8, 4) is 0 Å². The average Bonchev–Trinajstić information content (AvgIpc) is 3.45. The van der Waals surface area contributed by atoms with Crippen LogP contribution in [0, 0.1) is 5.92 Å². The molecule has 0 saturated carbocycles. The Kier molecular flexibility index (Phi) is 5.92. The Balaban J connectivity index is 1.48. The van der Waals surface area contributed by atoms with Crippen molar-refractivity contribution in [3.05, 3.63) is 78.9 Å². The third-order valence-corrected chi connectivity index (χ3v) is 8.01. The number of para-hydroxylation sites is 1. The quantitative estimate of drug-likeness (QED) is 0.406. The van der Waals surface area contributed by atoms with E-state index in [1.54, 1.807) is 23.5 Å². The summed E-state index contributed by atoms with van der Waals surface area (Å²) in [6, 6.07) is 17.3. The smallest absolute Gasteiger partial charge is 0.285 e. The van der Waals surface area contributed by atoms with E-state index in [-0.39, 0.29) is 17.9 Å². The van der Waals surface area contributed by atoms with Crippen LogP contribution >= 0.6 is 50.5 Å². The highest BCUT2D eigenvalue weighted by Crippen LogP contribution is 2.45. The Morgan fingerprint density at radius 2 is 1.97 bits per heavy atom. The normalized spacial score (nSPS) is 19.8. The molecule has 0 bridgehead atoms. The van der Waals surface area contributed by atoms with Gasteiger partial charge < -0.3 is 0 Å². The minimum absolute atomic E-state index is 0.148. The average molecular weight is 550 g/mol. The molecule has 1 N–H and O–H groups in total. The fraction of sp³-hybridized carbons (Fsp3) is 0.217. The van der Waals surface area contributed by atoms with Crippen molar-refractivity contribution in [1.29, 1.82) is 0 Å². The summed E-state index contributed by atoms with van der Waals surface area (Å²) < 4.78 is 1.02. The van der Waals surface area contributed by atoms with E-state index >= 15 is 0 Å². The summed E-state index contributed by atoms with van der Waals surface area (Å²) in [4.78, 5) is 14.4. The third-order valence-electron chi connectivity index (χ3n) is 5.78. The molecule has 0 aliphatic carbocycles. The third kappa shape index (κ3) is 3.92. The van der Waals surface area contributed by atoms with Crippen LogP contribution in [-0.2, 0) is 11.2 Å². The van der Waals surface area contributed by atoms with Crippen LogP contribution in [-0.4, -0.2) is 18.2 Å². The number of hydrogen-bond acceptors (Lipinski definition) is 5. The van der Waals surface area contributed by atoms with E-state index in [2.05, 4.69) is 33.5 Å². The Morgan fingerprint density at radius 3 is 2.72 bits per heavy atom. The number of halogens is 3. The number of thiophene rings is 1. The van der Waals surface area contributed by atoms with Crippen LogP contribution in [0.15, 0.2) is 63.5 Å². The molecule has 3 heterocycles. The molecule has 3 aromatic rings. The van der Waals surface area contributed by atoms with Crippen LogP contribution in [0.3, 0.4) is 0 Å². The summed E-state index contributed by atoms with van der Waals surface area (Å²) in [6.45, 7) is 2.76. The van der Waals surface area contributed by atoms with Crippen molar-refractivity contribution < 1.29 is 4.79 Å². The van der Waals surface area contributed by atoms with E-state index in [0.29, 0.717) is 21.4 Å². The summed E-state index contributed by atoms with van der Waals surface area (Å²) >= 11 is 17.8. The first kappa shape index (κ1) is 21.8. The fourth-order valence-corrected chi connectivity index (χ4v) is 6.35. The van der Waals surface area contributed by atoms with Crippen molar-refractivity contribution in [2.45, 2.75) is 19.4 Å². The Morgan fingerprint density at radius 1 is 1.16 bits per heavy atom. The number of nitrogens with one attached hydrogen (secondary N) is 1. The molecule has 5 nitrogen and oxygen atoms in total. The number of benzene rings is 2. The summed E-state index contributed by atoms with van der Waals surface area (Å²) in [5, 5.41) is 9.56. The predicted molar refractivity (Wildman–Crippen MR) is 136 cm³/mol. The second-order valence-corrected chi connectivity index (χ2v) is 11.1. The fourth-order valence-electron chi connectivity index (χ4n) is 4.24. The van der Waals surface area contributed by atoms with E-state index in [4.69, 9.17) is 28.3 Å². The summed E-state index contributed by atoms with van der Waals surface area (Å²) in [6.07, 6.45) is 0.900. The number of anilines is 2. The standard InChI is InChI=1S/C23H19BrCl2N4OS/c1-13-21(23(31)28-29-11-10-14-4-2-3-5-17(14)29)27-30(18-7-6-15(25)12-16(18)26)22(13)19-8-9-20(24)32-19/h2-9,12-13,22H,10-11H2,1H3,(H,28,31)/t13-,22-/m1/s1. The molecule has 1 aromatic heterocycles. The minimum atomic E-state index is -0.206. The molecule has 2 atom stereocenters. The van der Waals surface area contributed by atoms with Crippen LogP contribution in [0.4, 0.5) is 11.4 Å². The molecule has 0 radical (unpaired) electrons. The van der Waals surface area contributed by atoms with Crippen LogP contribution in [0.2, 0.25) is 10.0 Å². The second kappa shape index (κ2) is 8.71. The summed E-state index contributed by atoms with van der Waals surface area (Å²) in [5.74, 6) is -0.354. The molecule has 32 heavy (non-hydrogen) atoms. The number of nitrogens with zero attached hydrogens (tertiary/aromatic N) is 3. The molecule has 164 valence electrons. The molecule has 0 fully saturated rings. The first-order valence-corrected chi connectivity index (χ1v) is 12.5. The molecule has 9 heteroatoms. The van der Waals surface area contributed by atoms with Crippen LogP contribution in [0.5, 0.6) is 0 Å². The number of carbonyl (C=O) groups excluding carboxylic acids is 1. The van der Waals surface area contributed by atoms with Crippen molar-refractivity contribution in [3.63, 3.8) is 0 Å². The van der Waals surface area contributed by atoms with Gasteiger partial charge in [-0.3, -0.25) is 20.2 Å². The van der Waals surface area contributed by atoms with Crippen LogP contribution < -0.4 is 15.4 Å².